The van der Waals surface area contributed by atoms with E-state index in [1.54, 1.807) is 20.8 Å². The Morgan fingerprint density at radius 2 is 1.67 bits per heavy atom. The predicted octanol–water partition coefficient (Wildman–Crippen LogP) is 2.66. The van der Waals surface area contributed by atoms with Gasteiger partial charge >= 0.3 is 6.03 Å². The summed E-state index contributed by atoms with van der Waals surface area (Å²) >= 11 is 0. The lowest BCUT2D eigenvalue weighted by atomic mass is 9.83. The van der Waals surface area contributed by atoms with Crippen LogP contribution in [0.5, 0.6) is 0 Å². The number of likely N-dealkylation sites (tertiary alicyclic amines) is 1. The van der Waals surface area contributed by atoms with E-state index < -0.39 is 73.5 Å². The molecule has 12 nitrogen and oxygen atoms in total. The van der Waals surface area contributed by atoms with Crippen molar-refractivity contribution in [3.8, 4) is 12.3 Å². The van der Waals surface area contributed by atoms with Crippen LogP contribution in [0.2, 0.25) is 0 Å². The quantitative estimate of drug-likeness (QED) is 0.145. The van der Waals surface area contributed by atoms with Gasteiger partial charge in [0.1, 0.15) is 12.1 Å². The summed E-state index contributed by atoms with van der Waals surface area (Å²) < 4.78 is 25.6. The van der Waals surface area contributed by atoms with Gasteiger partial charge in [-0.15, -0.1) is 18.9 Å². The molecule has 1 heterocycles. The number of hydrogen-bond acceptors (Lipinski definition) is 7. The van der Waals surface area contributed by atoms with E-state index in [2.05, 4.69) is 33.8 Å². The summed E-state index contributed by atoms with van der Waals surface area (Å²) in [6, 6.07) is -3.58. The third kappa shape index (κ3) is 9.17. The molecule has 0 radical (unpaired) electrons. The van der Waals surface area contributed by atoms with E-state index in [0.29, 0.717) is 19.4 Å². The highest BCUT2D eigenvalue weighted by atomic mass is 32.2. The molecule has 3 aliphatic rings. The maximum atomic E-state index is 14.4. The summed E-state index contributed by atoms with van der Waals surface area (Å²) in [5, 5.41) is 22.1. The van der Waals surface area contributed by atoms with Crippen molar-refractivity contribution in [2.45, 2.75) is 135 Å². The molecule has 0 aromatic rings. The molecular weight excluding hydrogens is 646 g/mol. The molecule has 3 rings (SSSR count). The molecule has 2 saturated carbocycles. The molecule has 13 heteroatoms. The summed E-state index contributed by atoms with van der Waals surface area (Å²) in [5.41, 5.74) is -1.96. The molecule has 1 saturated heterocycles. The van der Waals surface area contributed by atoms with E-state index in [4.69, 9.17) is 6.42 Å². The van der Waals surface area contributed by atoms with Crippen LogP contribution in [0, 0.1) is 35.0 Å². The van der Waals surface area contributed by atoms with Crippen LogP contribution in [-0.4, -0.2) is 95.5 Å². The van der Waals surface area contributed by atoms with E-state index in [-0.39, 0.29) is 42.4 Å². The second-order valence-corrected chi connectivity index (χ2v) is 19.6. The van der Waals surface area contributed by atoms with E-state index in [1.165, 1.54) is 11.0 Å². The van der Waals surface area contributed by atoms with Crippen molar-refractivity contribution in [1.82, 2.24) is 26.2 Å². The Labute approximate surface area is 293 Å². The van der Waals surface area contributed by atoms with Crippen LogP contribution in [0.4, 0.5) is 4.79 Å². The first-order valence-electron chi connectivity index (χ1n) is 17.4. The molecule has 276 valence electrons. The minimum absolute atomic E-state index is 0.0414. The Bertz CT molecular complexity index is 1420. The zero-order valence-corrected chi connectivity index (χ0v) is 31.5. The molecule has 2 unspecified atom stereocenters. The molecule has 3 fully saturated rings. The van der Waals surface area contributed by atoms with Crippen LogP contribution in [0.3, 0.4) is 0 Å². The second-order valence-electron chi connectivity index (χ2n) is 16.8. The van der Waals surface area contributed by atoms with Gasteiger partial charge in [-0.3, -0.25) is 14.4 Å². The van der Waals surface area contributed by atoms with Crippen molar-refractivity contribution >= 4 is 33.6 Å². The average Bonchev–Trinajstić information content (AvgIpc) is 3.30. The number of nitrogens with zero attached hydrogens (tertiary/aromatic N) is 1. The van der Waals surface area contributed by atoms with Crippen molar-refractivity contribution < 1.29 is 32.7 Å². The molecule has 0 spiro atoms. The third-order valence-corrected chi connectivity index (χ3v) is 13.5. The van der Waals surface area contributed by atoms with Crippen LogP contribution in [-0.2, 0) is 24.2 Å². The zero-order chi connectivity index (χ0) is 37.2. The number of fused-ring (bicyclic) bond motifs is 1. The normalized spacial score (nSPS) is 24.7. The fourth-order valence-electron chi connectivity index (χ4n) is 7.43. The van der Waals surface area contributed by atoms with Gasteiger partial charge in [-0.25, -0.2) is 13.2 Å². The minimum atomic E-state index is -3.57. The van der Waals surface area contributed by atoms with E-state index in [1.807, 2.05) is 34.6 Å². The number of piperidine rings is 1. The first-order valence-corrected chi connectivity index (χ1v) is 19.1. The molecule has 49 heavy (non-hydrogen) atoms. The molecule has 1 aliphatic heterocycles. The number of carbonyl (C=O) groups excluding carboxylic acids is 4. The minimum Gasteiger partial charge on any atom is -0.381 e. The maximum Gasteiger partial charge on any atom is 0.315 e. The van der Waals surface area contributed by atoms with E-state index in [0.717, 1.165) is 19.3 Å². The summed E-state index contributed by atoms with van der Waals surface area (Å²) in [4.78, 5) is 56.3. The molecule has 0 aromatic carbocycles. The average molecular weight is 706 g/mol. The molecule has 0 aromatic heterocycles. The van der Waals surface area contributed by atoms with Crippen molar-refractivity contribution in [3.05, 3.63) is 12.7 Å². The Hall–Kier alpha value is -3.11. The van der Waals surface area contributed by atoms with Gasteiger partial charge in [0.05, 0.1) is 22.1 Å². The van der Waals surface area contributed by atoms with Gasteiger partial charge in [0.25, 0.3) is 5.91 Å². The van der Waals surface area contributed by atoms with Crippen LogP contribution in [0.25, 0.3) is 0 Å². The van der Waals surface area contributed by atoms with Gasteiger partial charge in [-0.05, 0) is 62.7 Å². The fourth-order valence-corrected chi connectivity index (χ4v) is 8.95. The monoisotopic (exact) mass is 705 g/mol. The van der Waals surface area contributed by atoms with Crippen LogP contribution >= 0.6 is 0 Å². The van der Waals surface area contributed by atoms with Gasteiger partial charge in [0, 0.05) is 19.5 Å². The number of terminal acetylenes is 1. The SMILES string of the molecule is C#CCC[C@H](NC(=O)[C@@H]1[C@@H]2C(CN1C(=O)[C@@H](NC(=O)NC1(CS(=O)(=O)C(C)(C)C)CCCCC1)C(C)(C)C)C2(C)C)C(O)C(=O)NCC=C. The Morgan fingerprint density at radius 3 is 2.20 bits per heavy atom. The maximum absolute atomic E-state index is 14.4. The van der Waals surface area contributed by atoms with Crippen LogP contribution in [0.1, 0.15) is 100 Å². The number of urea groups is 1. The van der Waals surface area contributed by atoms with Crippen molar-refractivity contribution in [2.75, 3.05) is 18.8 Å². The fraction of sp³-hybridized carbons (Fsp3) is 0.778. The molecule has 6 atom stereocenters. The topological polar surface area (TPSA) is 174 Å². The molecule has 5 amide bonds. The Kier molecular flexibility index (Phi) is 12.4. The summed E-state index contributed by atoms with van der Waals surface area (Å²) in [6.07, 6.45) is 9.21. The number of nitrogens with one attached hydrogen (secondary N) is 4. The van der Waals surface area contributed by atoms with E-state index in [9.17, 15) is 32.7 Å². The van der Waals surface area contributed by atoms with E-state index >= 15 is 0 Å². The van der Waals surface area contributed by atoms with Crippen LogP contribution < -0.4 is 21.3 Å². The third-order valence-electron chi connectivity index (χ3n) is 10.7. The lowest BCUT2D eigenvalue weighted by molar-refractivity contribution is -0.144. The molecule has 0 bridgehead atoms. The lowest BCUT2D eigenvalue weighted by Crippen LogP contribution is -2.64. The largest absolute Gasteiger partial charge is 0.381 e. The second kappa shape index (κ2) is 15.0. The molecular formula is C36H59N5O7S. The first-order chi connectivity index (χ1) is 22.5. The van der Waals surface area contributed by atoms with Gasteiger partial charge in [0.15, 0.2) is 15.9 Å². The standard InChI is InChI=1S/C36H59N5O7S/c1-11-13-17-24(27(42)30(44)37-20-12-2)38-29(43)26-25-23(35(25,9)10)21-41(26)31(45)28(33(3,4)5)39-32(46)40-36(18-15-14-16-19-36)22-49(47,48)34(6,7)8/h1,12,23-28,42H,2,13-22H2,3-10H3,(H,37,44)(H,38,43)(H2,39,40,46)/t23?,24-,25-,26-,27?,28+/m0/s1. The number of carbonyl (C=O) groups is 4. The van der Waals surface area contributed by atoms with Crippen molar-refractivity contribution in [2.24, 2.45) is 22.7 Å². The number of amides is 5. The van der Waals surface area contributed by atoms with Crippen molar-refractivity contribution in [1.29, 1.82) is 0 Å². The highest BCUT2D eigenvalue weighted by Gasteiger charge is 2.70. The van der Waals surface area contributed by atoms with Gasteiger partial charge in [-0.1, -0.05) is 60.0 Å². The van der Waals surface area contributed by atoms with Gasteiger partial charge in [0.2, 0.25) is 11.8 Å². The number of sulfone groups is 1. The number of aliphatic hydroxyl groups excluding tert-OH is 1. The first kappa shape index (κ1) is 40.3. The number of aliphatic hydroxyl groups is 1. The summed E-state index contributed by atoms with van der Waals surface area (Å²) in [7, 11) is -3.57. The predicted molar refractivity (Wildman–Crippen MR) is 190 cm³/mol. The lowest BCUT2D eigenvalue weighted by Gasteiger charge is -2.41. The number of hydrogen-bond donors (Lipinski definition) is 5. The highest BCUT2D eigenvalue weighted by molar-refractivity contribution is 7.92. The highest BCUT2D eigenvalue weighted by Crippen LogP contribution is 2.65. The van der Waals surface area contributed by atoms with Crippen molar-refractivity contribution in [3.63, 3.8) is 0 Å². The smallest absolute Gasteiger partial charge is 0.315 e. The van der Waals surface area contributed by atoms with Gasteiger partial charge in [-0.2, -0.15) is 0 Å². The van der Waals surface area contributed by atoms with Crippen LogP contribution in [0.15, 0.2) is 12.7 Å². The number of rotatable bonds is 13. The zero-order valence-electron chi connectivity index (χ0n) is 30.6. The Morgan fingerprint density at radius 1 is 1.06 bits per heavy atom. The van der Waals surface area contributed by atoms with Gasteiger partial charge < -0.3 is 31.3 Å². The summed E-state index contributed by atoms with van der Waals surface area (Å²) in [5.74, 6) is 0.537. The molecule has 2 aliphatic carbocycles. The summed E-state index contributed by atoms with van der Waals surface area (Å²) in [6.45, 7) is 18.5. The Balaban J connectivity index is 1.86. The molecule has 5 N–H and O–H groups in total.